The van der Waals surface area contributed by atoms with Gasteiger partial charge in [-0.05, 0) is 41.6 Å². The average Bonchev–Trinajstić information content (AvgIpc) is 3.04. The Kier molecular flexibility index (Phi) is 3.58. The average molecular weight is 352 g/mol. The number of benzene rings is 2. The normalized spacial score (nSPS) is 21.0. The van der Waals surface area contributed by atoms with E-state index in [1.54, 1.807) is 18.2 Å². The number of carbonyl (C=O) groups is 3. The number of thioether (sulfide) groups is 1. The molecule has 0 bridgehead atoms. The van der Waals surface area contributed by atoms with E-state index in [1.165, 1.54) is 18.2 Å². The fourth-order valence-electron chi connectivity index (χ4n) is 2.89. The zero-order valence-corrected chi connectivity index (χ0v) is 13.6. The van der Waals surface area contributed by atoms with Crippen molar-refractivity contribution in [2.75, 3.05) is 10.2 Å². The van der Waals surface area contributed by atoms with E-state index in [4.69, 9.17) is 0 Å². The lowest BCUT2D eigenvalue weighted by atomic mass is 10.00. The van der Waals surface area contributed by atoms with Gasteiger partial charge in [0.25, 0.3) is 11.1 Å². The zero-order valence-electron chi connectivity index (χ0n) is 12.8. The van der Waals surface area contributed by atoms with Gasteiger partial charge in [0, 0.05) is 11.8 Å². The highest BCUT2D eigenvalue weighted by molar-refractivity contribution is 8.18. The molecule has 1 fully saturated rings. The highest BCUT2D eigenvalue weighted by Gasteiger charge is 2.38. The van der Waals surface area contributed by atoms with Crippen LogP contribution in [0.15, 0.2) is 59.5 Å². The molecule has 0 aromatic heterocycles. The number of phenols is 1. The molecule has 0 unspecified atom stereocenters. The number of fused-ring (bicyclic) bond motifs is 1. The number of hydrogen-bond acceptors (Lipinski definition) is 5. The number of nitrogens with one attached hydrogen (secondary N) is 1. The van der Waals surface area contributed by atoms with Crippen LogP contribution in [0, 0.1) is 0 Å². The minimum atomic E-state index is -0.612. The maximum Gasteiger partial charge on any atom is 0.298 e. The molecule has 2 aliphatic rings. The third-order valence-electron chi connectivity index (χ3n) is 4.04. The van der Waals surface area contributed by atoms with E-state index in [9.17, 15) is 19.5 Å². The first-order valence-corrected chi connectivity index (χ1v) is 8.33. The quantitative estimate of drug-likeness (QED) is 0.811. The van der Waals surface area contributed by atoms with E-state index in [1.807, 2.05) is 18.2 Å². The summed E-state index contributed by atoms with van der Waals surface area (Å²) >= 11 is 0.783. The molecular weight excluding hydrogens is 340 g/mol. The summed E-state index contributed by atoms with van der Waals surface area (Å²) in [7, 11) is 0. The highest BCUT2D eigenvalue weighted by Crippen LogP contribution is 2.40. The standard InChI is InChI=1S/C18H12N2O4S/c21-11-5-3-4-10(8-11)20-17(23)15(25-18(20)24)9-13-12-6-1-2-7-14(12)19-16(13)22/h1-9,13,21H,(H,19,22)/b15-9-/t13-/m1/s1. The van der Waals surface area contributed by atoms with E-state index in [0.29, 0.717) is 11.4 Å². The molecule has 6 nitrogen and oxygen atoms in total. The van der Waals surface area contributed by atoms with Crippen molar-refractivity contribution in [3.05, 3.63) is 65.1 Å². The molecule has 2 aliphatic heterocycles. The third-order valence-corrected chi connectivity index (χ3v) is 4.92. The molecule has 3 amide bonds. The Balaban J connectivity index is 1.69. The number of hydrogen-bond donors (Lipinski definition) is 2. The molecule has 0 aliphatic carbocycles. The maximum absolute atomic E-state index is 12.6. The van der Waals surface area contributed by atoms with E-state index < -0.39 is 17.1 Å². The van der Waals surface area contributed by atoms with Crippen LogP contribution in [0.3, 0.4) is 0 Å². The minimum absolute atomic E-state index is 0.0374. The first-order chi connectivity index (χ1) is 12.0. The number of nitrogens with zero attached hydrogens (tertiary/aromatic N) is 1. The van der Waals surface area contributed by atoms with Crippen molar-refractivity contribution >= 4 is 40.2 Å². The van der Waals surface area contributed by atoms with Gasteiger partial charge in [0.15, 0.2) is 0 Å². The Morgan fingerprint density at radius 1 is 1.08 bits per heavy atom. The van der Waals surface area contributed by atoms with E-state index in [-0.39, 0.29) is 16.6 Å². The van der Waals surface area contributed by atoms with Gasteiger partial charge in [-0.3, -0.25) is 14.4 Å². The first-order valence-electron chi connectivity index (χ1n) is 7.51. The monoisotopic (exact) mass is 352 g/mol. The van der Waals surface area contributed by atoms with Gasteiger partial charge < -0.3 is 10.4 Å². The molecule has 2 aromatic carbocycles. The predicted molar refractivity (Wildman–Crippen MR) is 94.5 cm³/mol. The van der Waals surface area contributed by atoms with Gasteiger partial charge in [-0.25, -0.2) is 4.90 Å². The van der Waals surface area contributed by atoms with Crippen LogP contribution < -0.4 is 10.2 Å². The first kappa shape index (κ1) is 15.5. The van der Waals surface area contributed by atoms with Gasteiger partial charge in [-0.15, -0.1) is 0 Å². The van der Waals surface area contributed by atoms with E-state index >= 15 is 0 Å². The molecule has 7 heteroatoms. The molecule has 4 rings (SSSR count). The van der Waals surface area contributed by atoms with Crippen molar-refractivity contribution in [1.82, 2.24) is 0 Å². The molecule has 0 spiro atoms. The molecule has 25 heavy (non-hydrogen) atoms. The van der Waals surface area contributed by atoms with Crippen molar-refractivity contribution in [2.24, 2.45) is 0 Å². The Morgan fingerprint density at radius 3 is 2.68 bits per heavy atom. The number of phenolic OH excluding ortho intramolecular Hbond substituents is 1. The zero-order chi connectivity index (χ0) is 17.6. The second kappa shape index (κ2) is 5.78. The summed E-state index contributed by atoms with van der Waals surface area (Å²) in [5, 5.41) is 11.9. The molecule has 0 radical (unpaired) electrons. The van der Waals surface area contributed by atoms with Gasteiger partial charge in [0.2, 0.25) is 5.91 Å². The van der Waals surface area contributed by atoms with Crippen LogP contribution >= 0.6 is 11.8 Å². The number of para-hydroxylation sites is 1. The van der Waals surface area contributed by atoms with Gasteiger partial charge in [-0.1, -0.05) is 24.3 Å². The fraction of sp³-hybridized carbons (Fsp3) is 0.0556. The smallest absolute Gasteiger partial charge is 0.298 e. The van der Waals surface area contributed by atoms with Crippen LogP contribution in [-0.4, -0.2) is 22.2 Å². The van der Waals surface area contributed by atoms with E-state index in [2.05, 4.69) is 5.32 Å². The van der Waals surface area contributed by atoms with Crippen molar-refractivity contribution in [3.63, 3.8) is 0 Å². The molecule has 0 saturated carbocycles. The summed E-state index contributed by atoms with van der Waals surface area (Å²) in [4.78, 5) is 38.3. The Bertz CT molecular complexity index is 954. The predicted octanol–water partition coefficient (Wildman–Crippen LogP) is 3.21. The van der Waals surface area contributed by atoms with Crippen LogP contribution in [-0.2, 0) is 9.59 Å². The third kappa shape index (κ3) is 2.58. The number of amides is 3. The van der Waals surface area contributed by atoms with Crippen molar-refractivity contribution in [2.45, 2.75) is 5.92 Å². The van der Waals surface area contributed by atoms with Crippen molar-refractivity contribution in [3.8, 4) is 5.75 Å². The summed E-state index contributed by atoms with van der Waals surface area (Å²) in [6.07, 6.45) is 1.52. The van der Waals surface area contributed by atoms with E-state index in [0.717, 1.165) is 22.2 Å². The molecule has 1 atom stereocenters. The van der Waals surface area contributed by atoms with Crippen LogP contribution in [0.5, 0.6) is 5.75 Å². The second-order valence-corrected chi connectivity index (χ2v) is 6.61. The molecular formula is C18H12N2O4S. The van der Waals surface area contributed by atoms with Gasteiger partial charge >= 0.3 is 0 Å². The number of aromatic hydroxyl groups is 1. The summed E-state index contributed by atoms with van der Waals surface area (Å²) < 4.78 is 0. The summed E-state index contributed by atoms with van der Waals surface area (Å²) in [6.45, 7) is 0. The second-order valence-electron chi connectivity index (χ2n) is 5.61. The number of rotatable bonds is 2. The molecule has 2 aromatic rings. The topological polar surface area (TPSA) is 86.7 Å². The number of anilines is 2. The van der Waals surface area contributed by atoms with Gasteiger partial charge in [0.1, 0.15) is 5.75 Å². The van der Waals surface area contributed by atoms with Crippen molar-refractivity contribution < 1.29 is 19.5 Å². The fourth-order valence-corrected chi connectivity index (χ4v) is 3.74. The lowest BCUT2D eigenvalue weighted by Crippen LogP contribution is -2.27. The van der Waals surface area contributed by atoms with Crippen LogP contribution in [0.25, 0.3) is 0 Å². The maximum atomic E-state index is 12.6. The number of imide groups is 1. The van der Waals surface area contributed by atoms with Crippen LogP contribution in [0.2, 0.25) is 0 Å². The summed E-state index contributed by atoms with van der Waals surface area (Å²) in [6, 6.07) is 13.2. The Labute approximate surface area is 147 Å². The lowest BCUT2D eigenvalue weighted by Gasteiger charge is -2.12. The minimum Gasteiger partial charge on any atom is -0.508 e. The number of carbonyl (C=O) groups excluding carboxylic acids is 3. The highest BCUT2D eigenvalue weighted by atomic mass is 32.2. The molecule has 124 valence electrons. The van der Waals surface area contributed by atoms with Crippen molar-refractivity contribution in [1.29, 1.82) is 0 Å². The SMILES string of the molecule is O=C1Nc2ccccc2[C@H]1/C=C1\SC(=O)N(c2cccc(O)c2)C1=O. The summed E-state index contributed by atoms with van der Waals surface area (Å²) in [5.74, 6) is -1.38. The Hall–Kier alpha value is -3.06. The Morgan fingerprint density at radius 2 is 1.88 bits per heavy atom. The molecule has 2 N–H and O–H groups in total. The van der Waals surface area contributed by atoms with Gasteiger partial charge in [-0.2, -0.15) is 0 Å². The lowest BCUT2D eigenvalue weighted by molar-refractivity contribution is -0.116. The van der Waals surface area contributed by atoms with Crippen LogP contribution in [0.1, 0.15) is 11.5 Å². The largest absolute Gasteiger partial charge is 0.508 e. The van der Waals surface area contributed by atoms with Gasteiger partial charge in [0.05, 0.1) is 16.5 Å². The summed E-state index contributed by atoms with van der Waals surface area (Å²) in [5.41, 5.74) is 1.78. The molecule has 1 saturated heterocycles. The van der Waals surface area contributed by atoms with Crippen LogP contribution in [0.4, 0.5) is 16.2 Å². The molecule has 2 heterocycles.